The van der Waals surface area contributed by atoms with E-state index in [1.807, 2.05) is 42.5 Å². The summed E-state index contributed by atoms with van der Waals surface area (Å²) in [6.45, 7) is 0.454. The number of nitriles is 1. The van der Waals surface area contributed by atoms with E-state index in [1.165, 1.54) is 0 Å². The maximum absolute atomic E-state index is 8.62. The number of rotatable bonds is 5. The second kappa shape index (κ2) is 6.97. The van der Waals surface area contributed by atoms with Crippen LogP contribution in [0, 0.1) is 11.3 Å². The molecule has 0 heterocycles. The van der Waals surface area contributed by atoms with Gasteiger partial charge in [0.1, 0.15) is 18.1 Å². The van der Waals surface area contributed by atoms with Gasteiger partial charge in [-0.15, -0.1) is 0 Å². The van der Waals surface area contributed by atoms with Crippen molar-refractivity contribution in [1.29, 1.82) is 5.26 Å². The third-order valence-corrected chi connectivity index (χ3v) is 3.63. The molecule has 0 saturated carbocycles. The highest BCUT2D eigenvalue weighted by Gasteiger charge is 2.03. The summed E-state index contributed by atoms with van der Waals surface area (Å²) in [7, 11) is 1.64. The Balaban J connectivity index is 2.03. The summed E-state index contributed by atoms with van der Waals surface area (Å²) in [5, 5.41) is 8.62. The van der Waals surface area contributed by atoms with Gasteiger partial charge in [-0.3, -0.25) is 0 Å². The molecule has 0 amide bonds. The first kappa shape index (κ1) is 14.4. The zero-order valence-electron chi connectivity index (χ0n) is 11.1. The van der Waals surface area contributed by atoms with Crippen LogP contribution >= 0.6 is 15.9 Å². The Bertz CT molecular complexity index is 617. The molecule has 0 bridgehead atoms. The van der Waals surface area contributed by atoms with Crippen molar-refractivity contribution in [2.75, 3.05) is 7.11 Å². The highest BCUT2D eigenvalue weighted by Crippen LogP contribution is 2.24. The summed E-state index contributed by atoms with van der Waals surface area (Å²) in [5.41, 5.74) is 2.01. The monoisotopic (exact) mass is 331 g/mol. The van der Waals surface area contributed by atoms with Crippen molar-refractivity contribution < 1.29 is 9.47 Å². The SMILES string of the molecule is COc1ccc(Br)c(COc2ccc(CC#N)cc2)c1. The van der Waals surface area contributed by atoms with Crippen LogP contribution < -0.4 is 9.47 Å². The van der Waals surface area contributed by atoms with Gasteiger partial charge in [-0.05, 0) is 35.9 Å². The molecule has 0 spiro atoms. The standard InChI is InChI=1S/C16H14BrNO2/c1-19-15-6-7-16(17)13(10-15)11-20-14-4-2-12(3-5-14)8-9-18/h2-7,10H,8,11H2,1H3. The summed E-state index contributed by atoms with van der Waals surface area (Å²) < 4.78 is 11.9. The van der Waals surface area contributed by atoms with Crippen LogP contribution in [0.5, 0.6) is 11.5 Å². The van der Waals surface area contributed by atoms with Crippen molar-refractivity contribution >= 4 is 15.9 Å². The Morgan fingerprint density at radius 2 is 1.80 bits per heavy atom. The van der Waals surface area contributed by atoms with E-state index >= 15 is 0 Å². The Kier molecular flexibility index (Phi) is 5.03. The largest absolute Gasteiger partial charge is 0.497 e. The van der Waals surface area contributed by atoms with Crippen molar-refractivity contribution in [2.24, 2.45) is 0 Å². The number of halogens is 1. The molecule has 0 fully saturated rings. The predicted molar refractivity (Wildman–Crippen MR) is 80.8 cm³/mol. The van der Waals surface area contributed by atoms with Gasteiger partial charge in [-0.25, -0.2) is 0 Å². The van der Waals surface area contributed by atoms with Crippen molar-refractivity contribution in [3.05, 3.63) is 58.1 Å². The fraction of sp³-hybridized carbons (Fsp3) is 0.188. The molecular weight excluding hydrogens is 318 g/mol. The van der Waals surface area contributed by atoms with Gasteiger partial charge >= 0.3 is 0 Å². The molecule has 0 aromatic heterocycles. The molecule has 20 heavy (non-hydrogen) atoms. The summed E-state index contributed by atoms with van der Waals surface area (Å²) in [6.07, 6.45) is 0.418. The van der Waals surface area contributed by atoms with E-state index in [9.17, 15) is 0 Å². The molecule has 4 heteroatoms. The summed E-state index contributed by atoms with van der Waals surface area (Å²) >= 11 is 3.49. The van der Waals surface area contributed by atoms with E-state index < -0.39 is 0 Å². The molecule has 0 aliphatic heterocycles. The van der Waals surface area contributed by atoms with Crippen molar-refractivity contribution in [1.82, 2.24) is 0 Å². The van der Waals surface area contributed by atoms with Crippen LogP contribution in [-0.4, -0.2) is 7.11 Å². The van der Waals surface area contributed by atoms with Gasteiger partial charge in [0.25, 0.3) is 0 Å². The first-order valence-electron chi connectivity index (χ1n) is 6.14. The summed E-state index contributed by atoms with van der Waals surface area (Å²) in [5.74, 6) is 1.58. The molecule has 3 nitrogen and oxygen atoms in total. The van der Waals surface area contributed by atoms with E-state index in [4.69, 9.17) is 14.7 Å². The number of hydrogen-bond acceptors (Lipinski definition) is 3. The lowest BCUT2D eigenvalue weighted by molar-refractivity contribution is 0.304. The van der Waals surface area contributed by atoms with Crippen molar-refractivity contribution in [2.45, 2.75) is 13.0 Å². The molecule has 0 aliphatic rings. The molecule has 0 unspecified atom stereocenters. The normalized spacial score (nSPS) is 9.85. The lowest BCUT2D eigenvalue weighted by atomic mass is 10.1. The second-order valence-corrected chi connectivity index (χ2v) is 5.08. The van der Waals surface area contributed by atoms with E-state index in [1.54, 1.807) is 7.11 Å². The predicted octanol–water partition coefficient (Wildman–Crippen LogP) is 4.10. The van der Waals surface area contributed by atoms with Crippen LogP contribution in [0.3, 0.4) is 0 Å². The number of methoxy groups -OCH3 is 1. The summed E-state index contributed by atoms with van der Waals surface area (Å²) in [6, 6.07) is 15.4. The molecule has 0 saturated heterocycles. The minimum atomic E-state index is 0.418. The number of nitrogens with zero attached hydrogens (tertiary/aromatic N) is 1. The van der Waals surface area contributed by atoms with Crippen LogP contribution in [-0.2, 0) is 13.0 Å². The molecular formula is C16H14BrNO2. The van der Waals surface area contributed by atoms with E-state index in [0.29, 0.717) is 13.0 Å². The maximum atomic E-state index is 8.62. The van der Waals surface area contributed by atoms with Gasteiger partial charge in [-0.1, -0.05) is 28.1 Å². The third kappa shape index (κ3) is 3.75. The highest BCUT2D eigenvalue weighted by molar-refractivity contribution is 9.10. The van der Waals surface area contributed by atoms with Gasteiger partial charge in [-0.2, -0.15) is 5.26 Å². The van der Waals surface area contributed by atoms with Gasteiger partial charge < -0.3 is 9.47 Å². The number of benzene rings is 2. The molecule has 0 radical (unpaired) electrons. The summed E-state index contributed by atoms with van der Waals surface area (Å²) in [4.78, 5) is 0. The molecule has 2 rings (SSSR count). The minimum Gasteiger partial charge on any atom is -0.497 e. The van der Waals surface area contributed by atoms with Crippen molar-refractivity contribution in [3.63, 3.8) is 0 Å². The Labute approximate surface area is 126 Å². The van der Waals surface area contributed by atoms with Gasteiger partial charge in [0.05, 0.1) is 19.6 Å². The highest BCUT2D eigenvalue weighted by atomic mass is 79.9. The first-order chi connectivity index (χ1) is 9.72. The van der Waals surface area contributed by atoms with Crippen LogP contribution in [0.4, 0.5) is 0 Å². The van der Waals surface area contributed by atoms with Crippen LogP contribution in [0.15, 0.2) is 46.9 Å². The average molecular weight is 332 g/mol. The Morgan fingerprint density at radius 3 is 2.45 bits per heavy atom. The van der Waals surface area contributed by atoms with Crippen LogP contribution in [0.2, 0.25) is 0 Å². The van der Waals surface area contributed by atoms with Gasteiger partial charge in [0, 0.05) is 10.0 Å². The molecule has 0 N–H and O–H groups in total. The molecule has 2 aromatic carbocycles. The maximum Gasteiger partial charge on any atom is 0.119 e. The van der Waals surface area contributed by atoms with Crippen LogP contribution in [0.1, 0.15) is 11.1 Å². The number of ether oxygens (including phenoxy) is 2. The Hall–Kier alpha value is -1.99. The molecule has 2 aromatic rings. The minimum absolute atomic E-state index is 0.418. The van der Waals surface area contributed by atoms with Gasteiger partial charge in [0.15, 0.2) is 0 Å². The zero-order chi connectivity index (χ0) is 14.4. The smallest absolute Gasteiger partial charge is 0.119 e. The fourth-order valence-electron chi connectivity index (χ4n) is 1.74. The Morgan fingerprint density at radius 1 is 1.10 bits per heavy atom. The molecule has 0 aliphatic carbocycles. The quantitative estimate of drug-likeness (QED) is 0.828. The zero-order valence-corrected chi connectivity index (χ0v) is 12.7. The van der Waals surface area contributed by atoms with E-state index in [-0.39, 0.29) is 0 Å². The van der Waals surface area contributed by atoms with E-state index in [0.717, 1.165) is 27.1 Å². The van der Waals surface area contributed by atoms with Gasteiger partial charge in [0.2, 0.25) is 0 Å². The third-order valence-electron chi connectivity index (χ3n) is 2.85. The second-order valence-electron chi connectivity index (χ2n) is 4.22. The number of hydrogen-bond donors (Lipinski definition) is 0. The fourth-order valence-corrected chi connectivity index (χ4v) is 2.11. The lowest BCUT2D eigenvalue weighted by Crippen LogP contribution is -1.97. The van der Waals surface area contributed by atoms with E-state index in [2.05, 4.69) is 22.0 Å². The molecule has 0 atom stereocenters. The topological polar surface area (TPSA) is 42.2 Å². The van der Waals surface area contributed by atoms with Crippen molar-refractivity contribution in [3.8, 4) is 17.6 Å². The van der Waals surface area contributed by atoms with Crippen LogP contribution in [0.25, 0.3) is 0 Å². The lowest BCUT2D eigenvalue weighted by Gasteiger charge is -2.10. The average Bonchev–Trinajstić information content (AvgIpc) is 2.48. The first-order valence-corrected chi connectivity index (χ1v) is 6.93. The molecule has 102 valence electrons.